The maximum absolute atomic E-state index is 12.3. The van der Waals surface area contributed by atoms with E-state index in [2.05, 4.69) is 22.8 Å². The van der Waals surface area contributed by atoms with Crippen LogP contribution in [0.3, 0.4) is 0 Å². The van der Waals surface area contributed by atoms with Crippen molar-refractivity contribution in [3.8, 4) is 0 Å². The number of halogens is 2. The molecule has 2 aromatic carbocycles. The Hall–Kier alpha value is -2.32. The van der Waals surface area contributed by atoms with E-state index in [1.165, 1.54) is 18.4 Å². The van der Waals surface area contributed by atoms with Crippen molar-refractivity contribution >= 4 is 41.7 Å². The highest BCUT2D eigenvalue weighted by molar-refractivity contribution is 6.30. The number of cyclic esters (lactones) is 1. The fourth-order valence-corrected chi connectivity index (χ4v) is 4.94. The number of amides is 2. The van der Waals surface area contributed by atoms with Crippen LogP contribution in [0.2, 0.25) is 5.02 Å². The number of hydrogen-bond donors (Lipinski definition) is 2. The molecule has 35 heavy (non-hydrogen) atoms. The van der Waals surface area contributed by atoms with Crippen molar-refractivity contribution in [3.63, 3.8) is 0 Å². The zero-order valence-electron chi connectivity index (χ0n) is 19.9. The third-order valence-corrected chi connectivity index (χ3v) is 6.80. The van der Waals surface area contributed by atoms with Crippen LogP contribution >= 0.6 is 24.0 Å². The summed E-state index contributed by atoms with van der Waals surface area (Å²) in [5.41, 5.74) is 2.72. The van der Waals surface area contributed by atoms with E-state index in [-0.39, 0.29) is 30.5 Å². The van der Waals surface area contributed by atoms with Gasteiger partial charge < -0.3 is 20.1 Å². The lowest BCUT2D eigenvalue weighted by molar-refractivity contribution is 0.0718. The predicted octanol–water partition coefficient (Wildman–Crippen LogP) is 4.78. The van der Waals surface area contributed by atoms with Gasteiger partial charge in [0.1, 0.15) is 6.10 Å². The molecule has 7 nitrogen and oxygen atoms in total. The van der Waals surface area contributed by atoms with E-state index in [9.17, 15) is 9.59 Å². The van der Waals surface area contributed by atoms with Crippen LogP contribution in [0, 0.1) is 0 Å². The van der Waals surface area contributed by atoms with Gasteiger partial charge in [0.05, 0.1) is 13.2 Å². The SMILES string of the molecule is COCC1CN(c2ccc(C3CCCCC3NCCNC(=O)c3ccc(Cl)cc3)cc2)C(=O)O1.Cl. The van der Waals surface area contributed by atoms with Gasteiger partial charge in [0.25, 0.3) is 5.91 Å². The maximum atomic E-state index is 12.3. The molecule has 1 saturated heterocycles. The van der Waals surface area contributed by atoms with Gasteiger partial charge in [-0.25, -0.2) is 4.79 Å². The fraction of sp³-hybridized carbons (Fsp3) is 0.462. The van der Waals surface area contributed by atoms with Crippen LogP contribution in [0.5, 0.6) is 0 Å². The van der Waals surface area contributed by atoms with Crippen LogP contribution in [0.15, 0.2) is 48.5 Å². The summed E-state index contributed by atoms with van der Waals surface area (Å²) in [5.74, 6) is 0.309. The molecule has 1 heterocycles. The van der Waals surface area contributed by atoms with E-state index in [4.69, 9.17) is 21.1 Å². The molecular weight excluding hydrogens is 489 g/mol. The molecule has 2 aliphatic rings. The van der Waals surface area contributed by atoms with Crippen LogP contribution < -0.4 is 15.5 Å². The van der Waals surface area contributed by atoms with Crippen molar-refractivity contribution in [2.24, 2.45) is 0 Å². The summed E-state index contributed by atoms with van der Waals surface area (Å²) >= 11 is 5.89. The summed E-state index contributed by atoms with van der Waals surface area (Å²) in [6, 6.07) is 15.5. The lowest BCUT2D eigenvalue weighted by atomic mass is 9.80. The standard InChI is InChI=1S/C26H32ClN3O4.ClH/c1-33-17-22-16-30(26(32)34-22)21-12-8-18(9-13-21)23-4-2-3-5-24(23)28-14-15-29-25(31)19-6-10-20(27)11-7-19;/h6-13,22-24,28H,2-5,14-17H2,1H3,(H,29,31);1H. The van der Waals surface area contributed by atoms with Crippen LogP contribution in [-0.2, 0) is 9.47 Å². The summed E-state index contributed by atoms with van der Waals surface area (Å²) in [4.78, 5) is 26.1. The van der Waals surface area contributed by atoms with Crippen LogP contribution in [0.1, 0.15) is 47.5 Å². The Morgan fingerprint density at radius 3 is 2.51 bits per heavy atom. The number of nitrogens with zero attached hydrogens (tertiary/aromatic N) is 1. The number of benzene rings is 2. The lowest BCUT2D eigenvalue weighted by Gasteiger charge is -2.33. The summed E-state index contributed by atoms with van der Waals surface area (Å²) in [5, 5.41) is 7.23. The Balaban J connectivity index is 0.00000342. The molecule has 1 aliphatic carbocycles. The molecule has 0 bridgehead atoms. The fourth-order valence-electron chi connectivity index (χ4n) is 4.82. The van der Waals surface area contributed by atoms with Gasteiger partial charge in [-0.1, -0.05) is 36.6 Å². The summed E-state index contributed by atoms with van der Waals surface area (Å²) < 4.78 is 10.5. The van der Waals surface area contributed by atoms with Crippen LogP contribution in [0.25, 0.3) is 0 Å². The number of carbonyl (C=O) groups is 2. The van der Waals surface area contributed by atoms with Gasteiger partial charge in [-0.3, -0.25) is 9.69 Å². The molecule has 9 heteroatoms. The maximum Gasteiger partial charge on any atom is 0.414 e. The minimum atomic E-state index is -0.326. The molecule has 1 aliphatic heterocycles. The highest BCUT2D eigenvalue weighted by atomic mass is 35.5. The molecule has 4 rings (SSSR count). The Bertz CT molecular complexity index is 972. The number of rotatable bonds is 9. The number of methoxy groups -OCH3 is 1. The van der Waals surface area contributed by atoms with Gasteiger partial charge in [0, 0.05) is 42.5 Å². The van der Waals surface area contributed by atoms with Gasteiger partial charge in [-0.15, -0.1) is 12.4 Å². The second-order valence-electron chi connectivity index (χ2n) is 8.88. The zero-order chi connectivity index (χ0) is 23.9. The first-order valence-electron chi connectivity index (χ1n) is 11.9. The Morgan fingerprint density at radius 1 is 1.09 bits per heavy atom. The third kappa shape index (κ3) is 7.10. The van der Waals surface area contributed by atoms with Crippen molar-refractivity contribution < 1.29 is 19.1 Å². The molecule has 190 valence electrons. The molecule has 0 aromatic heterocycles. The molecule has 2 aromatic rings. The number of hydrogen-bond acceptors (Lipinski definition) is 5. The van der Waals surface area contributed by atoms with Crippen molar-refractivity contribution in [3.05, 3.63) is 64.7 Å². The second-order valence-corrected chi connectivity index (χ2v) is 9.31. The highest BCUT2D eigenvalue weighted by Crippen LogP contribution is 2.34. The number of nitrogens with one attached hydrogen (secondary N) is 2. The van der Waals surface area contributed by atoms with Gasteiger partial charge in [0.15, 0.2) is 0 Å². The van der Waals surface area contributed by atoms with Gasteiger partial charge in [0.2, 0.25) is 0 Å². The first kappa shape index (κ1) is 27.3. The smallest absolute Gasteiger partial charge is 0.414 e. The summed E-state index contributed by atoms with van der Waals surface area (Å²) in [7, 11) is 1.60. The van der Waals surface area contributed by atoms with E-state index >= 15 is 0 Å². The quantitative estimate of drug-likeness (QED) is 0.464. The van der Waals surface area contributed by atoms with Crippen LogP contribution in [0.4, 0.5) is 10.5 Å². The van der Waals surface area contributed by atoms with Gasteiger partial charge >= 0.3 is 6.09 Å². The average molecular weight is 522 g/mol. The molecule has 0 spiro atoms. The average Bonchev–Trinajstić information content (AvgIpc) is 3.22. The van der Waals surface area contributed by atoms with Crippen molar-refractivity contribution in [1.82, 2.24) is 10.6 Å². The zero-order valence-corrected chi connectivity index (χ0v) is 21.4. The first-order valence-corrected chi connectivity index (χ1v) is 12.3. The monoisotopic (exact) mass is 521 g/mol. The molecule has 3 unspecified atom stereocenters. The normalized spacial score (nSPS) is 21.8. The largest absolute Gasteiger partial charge is 0.441 e. The minimum absolute atomic E-state index is 0. The number of carbonyl (C=O) groups excluding carboxylic acids is 2. The summed E-state index contributed by atoms with van der Waals surface area (Å²) in [6.07, 6.45) is 4.07. The molecule has 2 amide bonds. The Labute approximate surface area is 217 Å². The lowest BCUT2D eigenvalue weighted by Crippen LogP contribution is -2.41. The highest BCUT2D eigenvalue weighted by Gasteiger charge is 2.32. The molecule has 3 atom stereocenters. The minimum Gasteiger partial charge on any atom is -0.441 e. The Kier molecular flexibility index (Phi) is 10.2. The molecule has 1 saturated carbocycles. The summed E-state index contributed by atoms with van der Waals surface area (Å²) in [6.45, 7) is 2.17. The number of anilines is 1. The number of ether oxygens (including phenoxy) is 2. The topological polar surface area (TPSA) is 79.9 Å². The van der Waals surface area contributed by atoms with Gasteiger partial charge in [-0.05, 0) is 60.7 Å². The second kappa shape index (κ2) is 13.1. The third-order valence-electron chi connectivity index (χ3n) is 6.55. The molecule has 2 N–H and O–H groups in total. The van der Waals surface area contributed by atoms with E-state index < -0.39 is 0 Å². The van der Waals surface area contributed by atoms with E-state index in [0.717, 1.165) is 18.5 Å². The molecule has 0 radical (unpaired) electrons. The first-order chi connectivity index (χ1) is 16.5. The molecular formula is C26H33Cl2N3O4. The van der Waals surface area contributed by atoms with Crippen LogP contribution in [-0.4, -0.2) is 57.5 Å². The van der Waals surface area contributed by atoms with E-state index in [1.54, 1.807) is 36.3 Å². The van der Waals surface area contributed by atoms with E-state index in [1.807, 2.05) is 12.1 Å². The molecule has 2 fully saturated rings. The van der Waals surface area contributed by atoms with E-state index in [0.29, 0.717) is 48.8 Å². The van der Waals surface area contributed by atoms with Crippen molar-refractivity contribution in [1.29, 1.82) is 0 Å². The van der Waals surface area contributed by atoms with Crippen molar-refractivity contribution in [2.75, 3.05) is 38.3 Å². The Morgan fingerprint density at radius 2 is 1.80 bits per heavy atom. The van der Waals surface area contributed by atoms with Gasteiger partial charge in [-0.2, -0.15) is 0 Å². The predicted molar refractivity (Wildman–Crippen MR) is 140 cm³/mol. The van der Waals surface area contributed by atoms with Crippen molar-refractivity contribution in [2.45, 2.75) is 43.7 Å².